The van der Waals surface area contributed by atoms with Gasteiger partial charge in [-0.15, -0.1) is 0 Å². The molecule has 4 aromatic rings. The van der Waals surface area contributed by atoms with E-state index in [1.807, 2.05) is 65.4 Å². The Morgan fingerprint density at radius 1 is 1.14 bits per heavy atom. The van der Waals surface area contributed by atoms with Gasteiger partial charge in [-0.1, -0.05) is 47.6 Å². The molecule has 29 heavy (non-hydrogen) atoms. The summed E-state index contributed by atoms with van der Waals surface area (Å²) < 4.78 is 13.3. The van der Waals surface area contributed by atoms with E-state index in [1.165, 1.54) is 0 Å². The number of hydrogen-bond acceptors (Lipinski definition) is 6. The number of rotatable bonds is 5. The van der Waals surface area contributed by atoms with E-state index >= 15 is 0 Å². The molecule has 2 atom stereocenters. The highest BCUT2D eigenvalue weighted by Crippen LogP contribution is 2.30. The summed E-state index contributed by atoms with van der Waals surface area (Å²) in [7, 11) is 0. The number of nitrogens with zero attached hydrogens (tertiary/aromatic N) is 3. The average Bonchev–Trinajstić information content (AvgIpc) is 3.39. The number of nitrogens with one attached hydrogen (secondary N) is 1. The van der Waals surface area contributed by atoms with Crippen LogP contribution in [0.25, 0.3) is 5.69 Å². The molecule has 0 saturated carbocycles. The molecule has 2 aromatic heterocycles. The summed E-state index contributed by atoms with van der Waals surface area (Å²) in [5, 5.41) is 17.9. The summed E-state index contributed by atoms with van der Waals surface area (Å²) >= 11 is 0. The van der Waals surface area contributed by atoms with Crippen molar-refractivity contribution in [3.8, 4) is 11.4 Å². The van der Waals surface area contributed by atoms with E-state index in [4.69, 9.17) is 9.26 Å². The number of ether oxygens (including phenoxy) is 1. The predicted molar refractivity (Wildman–Crippen MR) is 106 cm³/mol. The molecule has 3 heterocycles. The fourth-order valence-electron chi connectivity index (χ4n) is 3.54. The van der Waals surface area contributed by atoms with Gasteiger partial charge in [0, 0.05) is 24.9 Å². The van der Waals surface area contributed by atoms with Gasteiger partial charge in [-0.05, 0) is 17.7 Å². The molecule has 0 saturated heterocycles. The monoisotopic (exact) mass is 388 g/mol. The van der Waals surface area contributed by atoms with Gasteiger partial charge in [0.25, 0.3) is 0 Å². The quantitative estimate of drug-likeness (QED) is 0.511. The minimum absolute atomic E-state index is 0.318. The second-order valence-corrected chi connectivity index (χ2v) is 6.94. The van der Waals surface area contributed by atoms with Crippen LogP contribution in [0.15, 0.2) is 77.6 Å². The number of hydrogen-bond donors (Lipinski definition) is 2. The van der Waals surface area contributed by atoms with E-state index in [2.05, 4.69) is 15.5 Å². The number of aliphatic hydroxyl groups is 1. The zero-order chi connectivity index (χ0) is 19.6. The largest absolute Gasteiger partial charge is 0.489 e. The van der Waals surface area contributed by atoms with Crippen molar-refractivity contribution in [2.24, 2.45) is 0 Å². The summed E-state index contributed by atoms with van der Waals surface area (Å²) in [5.74, 6) is 2.23. The number of imidazole rings is 1. The average molecular weight is 388 g/mol. The number of benzene rings is 2. The van der Waals surface area contributed by atoms with Gasteiger partial charge < -0.3 is 14.4 Å². The molecule has 0 bridgehead atoms. The molecule has 2 N–H and O–H groups in total. The molecule has 7 heteroatoms. The van der Waals surface area contributed by atoms with Crippen molar-refractivity contribution in [3.05, 3.63) is 95.9 Å². The summed E-state index contributed by atoms with van der Waals surface area (Å²) in [5.41, 5.74) is 2.47. The fourth-order valence-corrected chi connectivity index (χ4v) is 3.54. The highest BCUT2D eigenvalue weighted by molar-refractivity contribution is 5.48. The van der Waals surface area contributed by atoms with Gasteiger partial charge in [0.05, 0.1) is 5.69 Å². The number of fused-ring (bicyclic) bond motifs is 3. The van der Waals surface area contributed by atoms with Gasteiger partial charge in [0.15, 0.2) is 6.23 Å². The SMILES string of the molecule is OC(N[C@@H]1COc2ccccc2-n2ccnc21)c1cc(Cc2ccccc2)on1. The standard InChI is InChI=1S/C22H20N4O3/c27-22(17-13-16(29-25-17)12-15-6-2-1-3-7-15)24-18-14-28-20-9-5-4-8-19(20)26-11-10-23-21(18)26/h1-11,13,18,22,24,27H,12,14H2/t18-,22?/m1/s1. The molecule has 5 rings (SSSR count). The summed E-state index contributed by atoms with van der Waals surface area (Å²) in [6.07, 6.45) is 3.24. The van der Waals surface area contributed by atoms with Crippen molar-refractivity contribution in [1.29, 1.82) is 0 Å². The minimum Gasteiger partial charge on any atom is -0.489 e. The van der Waals surface area contributed by atoms with Crippen molar-refractivity contribution in [2.75, 3.05) is 6.61 Å². The Morgan fingerprint density at radius 2 is 1.97 bits per heavy atom. The normalized spacial score (nSPS) is 16.4. The van der Waals surface area contributed by atoms with E-state index in [0.717, 1.165) is 22.8 Å². The first-order chi connectivity index (χ1) is 14.3. The molecule has 2 aromatic carbocycles. The van der Waals surface area contributed by atoms with E-state index < -0.39 is 6.23 Å². The van der Waals surface area contributed by atoms with E-state index in [9.17, 15) is 5.11 Å². The molecule has 1 unspecified atom stereocenters. The zero-order valence-corrected chi connectivity index (χ0v) is 15.6. The fraction of sp³-hybridized carbons (Fsp3) is 0.182. The van der Waals surface area contributed by atoms with Crippen LogP contribution in [-0.2, 0) is 6.42 Å². The van der Waals surface area contributed by atoms with Crippen LogP contribution in [0.2, 0.25) is 0 Å². The molecule has 0 radical (unpaired) electrons. The number of aliphatic hydroxyl groups excluding tert-OH is 1. The minimum atomic E-state index is -1.01. The molecule has 146 valence electrons. The lowest BCUT2D eigenvalue weighted by Crippen LogP contribution is -2.31. The van der Waals surface area contributed by atoms with Crippen LogP contribution >= 0.6 is 0 Å². The molecule has 0 amide bonds. The third-order valence-corrected chi connectivity index (χ3v) is 4.95. The first-order valence-corrected chi connectivity index (χ1v) is 9.47. The van der Waals surface area contributed by atoms with Crippen molar-refractivity contribution in [2.45, 2.75) is 18.7 Å². The third kappa shape index (κ3) is 3.53. The van der Waals surface area contributed by atoms with Crippen LogP contribution in [-0.4, -0.2) is 26.4 Å². The van der Waals surface area contributed by atoms with Crippen LogP contribution in [0.5, 0.6) is 5.75 Å². The van der Waals surface area contributed by atoms with E-state index in [0.29, 0.717) is 24.5 Å². The highest BCUT2D eigenvalue weighted by atomic mass is 16.5. The number of para-hydroxylation sites is 2. The first-order valence-electron chi connectivity index (χ1n) is 9.47. The topological polar surface area (TPSA) is 85.3 Å². The van der Waals surface area contributed by atoms with Crippen LogP contribution in [0.4, 0.5) is 0 Å². The van der Waals surface area contributed by atoms with E-state index in [-0.39, 0.29) is 6.04 Å². The van der Waals surface area contributed by atoms with Crippen molar-refractivity contribution >= 4 is 0 Å². The number of aromatic nitrogens is 3. The lowest BCUT2D eigenvalue weighted by atomic mass is 10.1. The lowest BCUT2D eigenvalue weighted by molar-refractivity contribution is 0.0999. The highest BCUT2D eigenvalue weighted by Gasteiger charge is 2.27. The Hall–Kier alpha value is -3.42. The predicted octanol–water partition coefficient (Wildman–Crippen LogP) is 3.17. The second-order valence-electron chi connectivity index (χ2n) is 6.94. The van der Waals surface area contributed by atoms with Gasteiger partial charge in [-0.2, -0.15) is 0 Å². The molecule has 1 aliphatic heterocycles. The van der Waals surface area contributed by atoms with Gasteiger partial charge in [0.1, 0.15) is 35.7 Å². The van der Waals surface area contributed by atoms with Gasteiger partial charge >= 0.3 is 0 Å². The van der Waals surface area contributed by atoms with Crippen molar-refractivity contribution < 1.29 is 14.4 Å². The van der Waals surface area contributed by atoms with Crippen molar-refractivity contribution in [1.82, 2.24) is 20.0 Å². The smallest absolute Gasteiger partial charge is 0.152 e. The summed E-state index contributed by atoms with van der Waals surface area (Å²) in [6, 6.07) is 19.2. The molecule has 0 aliphatic carbocycles. The van der Waals surface area contributed by atoms with E-state index in [1.54, 1.807) is 12.3 Å². The van der Waals surface area contributed by atoms with Gasteiger partial charge in [-0.3, -0.25) is 9.88 Å². The molecule has 0 spiro atoms. The second kappa shape index (κ2) is 7.54. The molecule has 0 fully saturated rings. The summed E-state index contributed by atoms with van der Waals surface area (Å²) in [6.45, 7) is 0.333. The van der Waals surface area contributed by atoms with Crippen LogP contribution in [0.3, 0.4) is 0 Å². The maximum Gasteiger partial charge on any atom is 0.152 e. The molecule has 1 aliphatic rings. The van der Waals surface area contributed by atoms with Crippen LogP contribution in [0, 0.1) is 0 Å². The zero-order valence-electron chi connectivity index (χ0n) is 15.6. The van der Waals surface area contributed by atoms with Gasteiger partial charge in [0.2, 0.25) is 0 Å². The Morgan fingerprint density at radius 3 is 2.86 bits per heavy atom. The van der Waals surface area contributed by atoms with Crippen LogP contribution < -0.4 is 10.1 Å². The van der Waals surface area contributed by atoms with Crippen molar-refractivity contribution in [3.63, 3.8) is 0 Å². The third-order valence-electron chi connectivity index (χ3n) is 4.95. The first kappa shape index (κ1) is 17.7. The lowest BCUT2D eigenvalue weighted by Gasteiger charge is -2.19. The molecule has 7 nitrogen and oxygen atoms in total. The summed E-state index contributed by atoms with van der Waals surface area (Å²) in [4.78, 5) is 4.47. The Labute approximate surface area is 167 Å². The Kier molecular flexibility index (Phi) is 4.59. The molecular formula is C22H20N4O3. The maximum atomic E-state index is 10.7. The molecular weight excluding hydrogens is 368 g/mol. The maximum absolute atomic E-state index is 10.7. The Balaban J connectivity index is 1.33. The van der Waals surface area contributed by atoms with Crippen LogP contribution in [0.1, 0.15) is 35.1 Å². The Bertz CT molecular complexity index is 1110. The van der Waals surface area contributed by atoms with Gasteiger partial charge in [-0.25, -0.2) is 4.98 Å².